The van der Waals surface area contributed by atoms with Gasteiger partial charge in [0.1, 0.15) is 48.0 Å². The summed E-state index contributed by atoms with van der Waals surface area (Å²) in [5.74, 6) is -0.0487. The maximum atomic E-state index is 17.2. The van der Waals surface area contributed by atoms with Crippen molar-refractivity contribution in [2.24, 2.45) is 5.92 Å². The first-order valence-electron chi connectivity index (χ1n) is 29.6. The number of phenolic OH excluding ortho intramolecular Hbond substituents is 1. The highest BCUT2D eigenvalue weighted by Crippen LogP contribution is 2.40. The fourth-order valence-corrected chi connectivity index (χ4v) is 13.6. The summed E-state index contributed by atoms with van der Waals surface area (Å²) in [4.78, 5) is 71.7. The number of carbonyl (C=O) groups is 3. The lowest BCUT2D eigenvalue weighted by molar-refractivity contribution is -0.141. The maximum absolute atomic E-state index is 17.2. The number of anilines is 2. The number of thiazole rings is 1. The Kier molecular flexibility index (Phi) is 17.1. The largest absolute Gasteiger partial charge is 0.508 e. The van der Waals surface area contributed by atoms with Crippen LogP contribution in [0.2, 0.25) is 0 Å². The van der Waals surface area contributed by atoms with Gasteiger partial charge in [0, 0.05) is 75.2 Å². The van der Waals surface area contributed by atoms with Crippen LogP contribution in [-0.4, -0.2) is 147 Å². The van der Waals surface area contributed by atoms with Gasteiger partial charge in [-0.1, -0.05) is 81.2 Å². The van der Waals surface area contributed by atoms with Gasteiger partial charge in [-0.05, 0) is 118 Å². The molecular formula is C63H76FN11O7S. The van der Waals surface area contributed by atoms with Gasteiger partial charge in [0.15, 0.2) is 17.4 Å². The highest BCUT2D eigenvalue weighted by molar-refractivity contribution is 7.13. The first kappa shape index (κ1) is 57.4. The van der Waals surface area contributed by atoms with E-state index in [0.717, 1.165) is 102 Å². The number of fused-ring (bicyclic) bond motifs is 2. The van der Waals surface area contributed by atoms with Crippen LogP contribution in [0, 0.1) is 18.7 Å². The summed E-state index contributed by atoms with van der Waals surface area (Å²) in [6.07, 6.45) is 9.05. The van der Waals surface area contributed by atoms with E-state index in [2.05, 4.69) is 49.2 Å². The van der Waals surface area contributed by atoms with Crippen molar-refractivity contribution in [2.75, 3.05) is 69.3 Å². The average Bonchev–Trinajstić information content (AvgIpc) is 4.49. The van der Waals surface area contributed by atoms with Gasteiger partial charge in [-0.15, -0.1) is 11.3 Å². The molecule has 3 aromatic carbocycles. The van der Waals surface area contributed by atoms with Gasteiger partial charge in [-0.25, -0.2) is 14.2 Å². The number of amides is 3. The number of nitrogens with zero attached hydrogens (tertiary/aromatic N) is 10. The van der Waals surface area contributed by atoms with Gasteiger partial charge in [0.2, 0.25) is 11.8 Å². The predicted molar refractivity (Wildman–Crippen MR) is 319 cm³/mol. The second-order valence-corrected chi connectivity index (χ2v) is 24.2. The van der Waals surface area contributed by atoms with Crippen LogP contribution in [0.5, 0.6) is 11.8 Å². The molecule has 4 aliphatic rings. The first-order chi connectivity index (χ1) is 40.1. The summed E-state index contributed by atoms with van der Waals surface area (Å²) >= 11 is 1.60. The molecule has 0 unspecified atom stereocenters. The number of aryl methyl sites for hydroxylation is 2. The summed E-state index contributed by atoms with van der Waals surface area (Å²) in [6.45, 7) is 15.8. The SMILES string of the molecule is CCc1cccc2cc(O)cc(-c3ncc4c(N5CCCCCC5)nc(OC[C@@H]5CC[C@@H](COC(=O)N6CCN(c7cc([C@H](C(=O)N8CCC[C@H]8C(=O)N[C@@H](C)c8ccc(-c9scnc9C)cc8)C(C)C)on7)[C@H](C)C6)N5C)nc4c3F)c12. The molecular weight excluding hydrogens is 1070 g/mol. The molecule has 11 rings (SSSR count). The second-order valence-electron chi connectivity index (χ2n) is 23.3. The average molecular weight is 1150 g/mol. The molecule has 6 atom stereocenters. The van der Waals surface area contributed by atoms with Crippen LogP contribution in [0.15, 0.2) is 76.9 Å². The van der Waals surface area contributed by atoms with E-state index in [4.69, 9.17) is 28.9 Å². The van der Waals surface area contributed by atoms with E-state index in [-0.39, 0.29) is 84.2 Å². The lowest BCUT2D eigenvalue weighted by Gasteiger charge is -2.39. The highest BCUT2D eigenvalue weighted by Gasteiger charge is 2.42. The molecule has 4 aliphatic heterocycles. The normalized spacial score (nSPS) is 20.5. The van der Waals surface area contributed by atoms with Crippen LogP contribution < -0.4 is 19.9 Å². The Morgan fingerprint density at radius 1 is 0.904 bits per heavy atom. The smallest absolute Gasteiger partial charge is 0.409 e. The number of rotatable bonds is 16. The van der Waals surface area contributed by atoms with Crippen LogP contribution in [0.3, 0.4) is 0 Å². The Morgan fingerprint density at radius 3 is 2.40 bits per heavy atom. The lowest BCUT2D eigenvalue weighted by atomic mass is 9.91. The minimum absolute atomic E-state index is 0.0244. The number of aromatic hydroxyl groups is 1. The third-order valence-corrected chi connectivity index (χ3v) is 18.6. The Hall–Kier alpha value is -7.45. The topological polar surface area (TPSA) is 196 Å². The fraction of sp³-hybridized carbons (Fsp3) is 0.492. The molecule has 4 fully saturated rings. The Bertz CT molecular complexity index is 3480. The zero-order valence-corrected chi connectivity index (χ0v) is 49.5. The van der Waals surface area contributed by atoms with Gasteiger partial charge in [-0.2, -0.15) is 9.97 Å². The summed E-state index contributed by atoms with van der Waals surface area (Å²) in [6, 6.07) is 18.2. The number of benzene rings is 3. The molecule has 0 aliphatic carbocycles. The minimum atomic E-state index is -0.644. The standard InChI is InChI=1S/C63H76FN11O7S/c1-8-41-15-13-16-44-29-47(76)30-48(54(41)44)56-55(64)57-49(32-65-56)59(72-24-11-9-10-12-25-72)69-62(68-57)80-34-45-22-23-46(71(45)7)35-81-63(79)73-27-28-74(38(4)33-73)52-31-51(82-70-52)53(37(2)3)61(78)75-26-14-17-50(75)60(77)67-39(5)42-18-20-43(21-19-42)58-40(6)66-36-83-58/h13,15-16,18-21,29-32,36-39,45-46,50,53,76H,8-12,14,17,22-28,33-35H2,1-7H3,(H,67,77)/t38-,39+,45+,46+,50+,53-/m1/s1. The molecule has 438 valence electrons. The number of hydrogen-bond acceptors (Lipinski definition) is 16. The molecule has 0 saturated carbocycles. The molecule has 3 amide bonds. The van der Waals surface area contributed by atoms with Crippen molar-refractivity contribution in [3.63, 3.8) is 0 Å². The second kappa shape index (κ2) is 24.8. The molecule has 0 spiro atoms. The van der Waals surface area contributed by atoms with E-state index in [0.29, 0.717) is 60.9 Å². The van der Waals surface area contributed by atoms with Crippen molar-refractivity contribution >= 4 is 62.6 Å². The van der Waals surface area contributed by atoms with Crippen LogP contribution in [0.25, 0.3) is 43.4 Å². The van der Waals surface area contributed by atoms with E-state index in [1.807, 2.05) is 83.6 Å². The van der Waals surface area contributed by atoms with Crippen LogP contribution >= 0.6 is 11.3 Å². The van der Waals surface area contributed by atoms with E-state index < -0.39 is 17.8 Å². The Balaban J connectivity index is 0.692. The fourth-order valence-electron chi connectivity index (χ4n) is 12.8. The molecule has 7 aromatic rings. The summed E-state index contributed by atoms with van der Waals surface area (Å²) in [5.41, 5.74) is 6.64. The van der Waals surface area contributed by atoms with Gasteiger partial charge >= 0.3 is 12.1 Å². The van der Waals surface area contributed by atoms with E-state index in [1.165, 1.54) is 0 Å². The van der Waals surface area contributed by atoms with Crippen molar-refractivity contribution in [2.45, 2.75) is 135 Å². The number of ether oxygens (including phenoxy) is 2. The number of halogens is 1. The molecule has 8 heterocycles. The first-order valence-corrected chi connectivity index (χ1v) is 30.5. The number of aromatic nitrogens is 5. The van der Waals surface area contributed by atoms with Crippen LogP contribution in [-0.2, 0) is 20.7 Å². The minimum Gasteiger partial charge on any atom is -0.508 e. The molecule has 0 bridgehead atoms. The third-order valence-electron chi connectivity index (χ3n) is 17.6. The van der Waals surface area contributed by atoms with Crippen molar-refractivity contribution in [3.8, 4) is 33.5 Å². The van der Waals surface area contributed by atoms with Crippen molar-refractivity contribution < 1.29 is 37.9 Å². The number of likely N-dealkylation sites (tertiary alicyclic amines) is 2. The molecule has 4 aromatic heterocycles. The van der Waals surface area contributed by atoms with Gasteiger partial charge < -0.3 is 44.0 Å². The third kappa shape index (κ3) is 11.9. The van der Waals surface area contributed by atoms with E-state index >= 15 is 4.39 Å². The highest BCUT2D eigenvalue weighted by atomic mass is 32.1. The van der Waals surface area contributed by atoms with Gasteiger partial charge in [-0.3, -0.25) is 19.5 Å². The Labute approximate surface area is 488 Å². The van der Waals surface area contributed by atoms with Gasteiger partial charge in [0.05, 0.1) is 27.5 Å². The van der Waals surface area contributed by atoms with Crippen LogP contribution in [0.1, 0.15) is 121 Å². The van der Waals surface area contributed by atoms with Crippen molar-refractivity contribution in [1.29, 1.82) is 0 Å². The summed E-state index contributed by atoms with van der Waals surface area (Å²) < 4.78 is 35.5. The monoisotopic (exact) mass is 1150 g/mol. The van der Waals surface area contributed by atoms with E-state index in [9.17, 15) is 19.5 Å². The quantitative estimate of drug-likeness (QED) is 0.0926. The van der Waals surface area contributed by atoms with Gasteiger partial charge in [0.25, 0.3) is 0 Å². The number of nitrogens with one attached hydrogen (secondary N) is 1. The number of likely N-dealkylation sites (N-methyl/N-ethyl adjacent to an activating group) is 1. The van der Waals surface area contributed by atoms with E-state index in [1.54, 1.807) is 39.5 Å². The summed E-state index contributed by atoms with van der Waals surface area (Å²) in [5, 5.41) is 20.6. The Morgan fingerprint density at radius 2 is 1.67 bits per heavy atom. The molecule has 20 heteroatoms. The number of phenols is 1. The number of piperazine rings is 1. The molecule has 4 saturated heterocycles. The zero-order chi connectivity index (χ0) is 58.1. The van der Waals surface area contributed by atoms with Crippen LogP contribution in [0.4, 0.5) is 20.8 Å². The lowest BCUT2D eigenvalue weighted by Crippen LogP contribution is -2.54. The van der Waals surface area contributed by atoms with Crippen molar-refractivity contribution in [1.82, 2.24) is 45.1 Å². The van der Waals surface area contributed by atoms with Crippen molar-refractivity contribution in [3.05, 3.63) is 101 Å². The summed E-state index contributed by atoms with van der Waals surface area (Å²) in [7, 11) is 2.00. The predicted octanol–water partition coefficient (Wildman–Crippen LogP) is 10.8. The maximum Gasteiger partial charge on any atom is 0.409 e. The molecule has 0 radical (unpaired) electrons. The zero-order valence-electron chi connectivity index (χ0n) is 48.6. The molecule has 18 nitrogen and oxygen atoms in total. The molecule has 2 N–H and O–H groups in total. The number of pyridine rings is 1. The molecule has 83 heavy (non-hydrogen) atoms. The number of carbonyl (C=O) groups excluding carboxylic acids is 3. The number of hydrogen-bond donors (Lipinski definition) is 2.